The van der Waals surface area contributed by atoms with E-state index in [0.717, 1.165) is 5.75 Å². The summed E-state index contributed by atoms with van der Waals surface area (Å²) in [6.07, 6.45) is -0.549. The Morgan fingerprint density at radius 2 is 1.75 bits per heavy atom. The van der Waals surface area contributed by atoms with E-state index < -0.39 is 6.10 Å². The summed E-state index contributed by atoms with van der Waals surface area (Å²) in [6.45, 7) is 3.69. The van der Waals surface area contributed by atoms with Crippen LogP contribution in [0.3, 0.4) is 0 Å². The molecule has 0 saturated heterocycles. The monoisotopic (exact) mass is 349 g/mol. The van der Waals surface area contributed by atoms with E-state index in [1.165, 1.54) is 5.56 Å². The molecule has 0 fully saturated rings. The third-order valence-corrected chi connectivity index (χ3v) is 3.83. The van der Waals surface area contributed by atoms with E-state index >= 15 is 0 Å². The average molecular weight is 350 g/mol. The van der Waals surface area contributed by atoms with Crippen molar-refractivity contribution < 1.29 is 14.6 Å². The largest absolute Gasteiger partial charge is 0.491 e. The summed E-state index contributed by atoms with van der Waals surface area (Å²) in [7, 11) is 0. The van der Waals surface area contributed by atoms with Gasteiger partial charge in [0, 0.05) is 17.6 Å². The molecule has 0 aliphatic heterocycles. The number of halogens is 1. The first-order chi connectivity index (χ1) is 11.6. The van der Waals surface area contributed by atoms with Crippen molar-refractivity contribution >= 4 is 11.6 Å². The number of rotatable bonds is 10. The molecule has 0 saturated carbocycles. The van der Waals surface area contributed by atoms with E-state index in [4.69, 9.17) is 21.1 Å². The molecule has 2 N–H and O–H groups in total. The Bertz CT molecular complexity index is 577. The van der Waals surface area contributed by atoms with Crippen molar-refractivity contribution in [2.75, 3.05) is 26.4 Å². The van der Waals surface area contributed by atoms with Crippen molar-refractivity contribution in [3.63, 3.8) is 0 Å². The number of hydrogen-bond donors (Lipinski definition) is 2. The van der Waals surface area contributed by atoms with Gasteiger partial charge in [-0.2, -0.15) is 0 Å². The maximum Gasteiger partial charge on any atom is 0.119 e. The number of ether oxygens (including phenoxy) is 2. The fraction of sp³-hybridized carbons (Fsp3) is 0.368. The Morgan fingerprint density at radius 1 is 1.04 bits per heavy atom. The highest BCUT2D eigenvalue weighted by molar-refractivity contribution is 6.30. The lowest BCUT2D eigenvalue weighted by molar-refractivity contribution is 0.0242. The van der Waals surface area contributed by atoms with Gasteiger partial charge in [-0.05, 0) is 36.8 Å². The summed E-state index contributed by atoms with van der Waals surface area (Å²) in [5, 5.41) is 13.9. The van der Waals surface area contributed by atoms with E-state index in [9.17, 15) is 5.11 Å². The Kier molecular flexibility index (Phi) is 8.05. The molecule has 2 rings (SSSR count). The zero-order valence-corrected chi connectivity index (χ0v) is 14.6. The van der Waals surface area contributed by atoms with Crippen LogP contribution in [0.5, 0.6) is 5.75 Å². The van der Waals surface area contributed by atoms with Crippen LogP contribution in [0.15, 0.2) is 54.6 Å². The van der Waals surface area contributed by atoms with Crippen LogP contribution in [0.25, 0.3) is 0 Å². The van der Waals surface area contributed by atoms with Crippen LogP contribution >= 0.6 is 11.6 Å². The predicted octanol–water partition coefficient (Wildman–Crippen LogP) is 3.45. The van der Waals surface area contributed by atoms with Crippen LogP contribution in [0.1, 0.15) is 18.5 Å². The molecule has 130 valence electrons. The summed E-state index contributed by atoms with van der Waals surface area (Å²) < 4.78 is 11.0. The van der Waals surface area contributed by atoms with Gasteiger partial charge in [0.2, 0.25) is 0 Å². The third kappa shape index (κ3) is 6.89. The molecule has 0 aliphatic rings. The van der Waals surface area contributed by atoms with Crippen molar-refractivity contribution in [1.29, 1.82) is 0 Å². The highest BCUT2D eigenvalue weighted by Crippen LogP contribution is 2.15. The SMILES string of the molecule is C[C@@H](NC[C@H](O)COCCOc1ccc(Cl)cc1)c1ccccc1. The van der Waals surface area contributed by atoms with Crippen LogP contribution in [0.4, 0.5) is 0 Å². The molecule has 0 bridgehead atoms. The van der Waals surface area contributed by atoms with E-state index in [0.29, 0.717) is 24.8 Å². The van der Waals surface area contributed by atoms with Gasteiger partial charge in [-0.15, -0.1) is 0 Å². The molecule has 0 heterocycles. The topological polar surface area (TPSA) is 50.7 Å². The Balaban J connectivity index is 1.55. The van der Waals surface area contributed by atoms with Gasteiger partial charge in [-0.1, -0.05) is 41.9 Å². The summed E-state index contributed by atoms with van der Waals surface area (Å²) >= 11 is 5.81. The highest BCUT2D eigenvalue weighted by Gasteiger charge is 2.08. The molecule has 2 atom stereocenters. The molecule has 4 nitrogen and oxygen atoms in total. The second-order valence-corrected chi connectivity index (χ2v) is 6.01. The minimum Gasteiger partial charge on any atom is -0.491 e. The molecule has 0 unspecified atom stereocenters. The summed E-state index contributed by atoms with van der Waals surface area (Å²) in [5.41, 5.74) is 1.20. The molecule has 5 heteroatoms. The van der Waals surface area contributed by atoms with Crippen LogP contribution in [0, 0.1) is 0 Å². The lowest BCUT2D eigenvalue weighted by atomic mass is 10.1. The normalized spacial score (nSPS) is 13.5. The smallest absolute Gasteiger partial charge is 0.119 e. The first kappa shape index (κ1) is 18.7. The maximum atomic E-state index is 9.95. The summed E-state index contributed by atoms with van der Waals surface area (Å²) in [5.74, 6) is 0.752. The molecule has 2 aromatic carbocycles. The molecular weight excluding hydrogens is 326 g/mol. The zero-order chi connectivity index (χ0) is 17.2. The van der Waals surface area contributed by atoms with Crippen LogP contribution in [-0.2, 0) is 4.74 Å². The number of hydrogen-bond acceptors (Lipinski definition) is 4. The molecule has 0 spiro atoms. The average Bonchev–Trinajstić information content (AvgIpc) is 2.61. The number of aliphatic hydroxyl groups excluding tert-OH is 1. The Hall–Kier alpha value is -1.59. The standard InChI is InChI=1S/C19H24ClNO3/c1-15(16-5-3-2-4-6-16)21-13-18(22)14-23-11-12-24-19-9-7-17(20)8-10-19/h2-10,15,18,21-22H,11-14H2,1H3/t15-,18+/m1/s1. The van der Waals surface area contributed by atoms with Crippen molar-refractivity contribution in [2.45, 2.75) is 19.1 Å². The predicted molar refractivity (Wildman–Crippen MR) is 96.6 cm³/mol. The molecule has 0 radical (unpaired) electrons. The van der Waals surface area contributed by atoms with E-state index in [1.54, 1.807) is 12.1 Å². The second kappa shape index (κ2) is 10.3. The molecule has 0 aromatic heterocycles. The van der Waals surface area contributed by atoms with Crippen molar-refractivity contribution in [1.82, 2.24) is 5.32 Å². The molecular formula is C19H24ClNO3. The second-order valence-electron chi connectivity index (χ2n) is 5.57. The minimum atomic E-state index is -0.549. The van der Waals surface area contributed by atoms with Gasteiger partial charge in [-0.25, -0.2) is 0 Å². The zero-order valence-electron chi connectivity index (χ0n) is 13.8. The van der Waals surface area contributed by atoms with Gasteiger partial charge < -0.3 is 19.9 Å². The molecule has 2 aromatic rings. The quantitative estimate of drug-likeness (QED) is 0.645. The van der Waals surface area contributed by atoms with Crippen molar-refractivity contribution in [3.8, 4) is 5.75 Å². The van der Waals surface area contributed by atoms with E-state index in [2.05, 4.69) is 24.4 Å². The number of aliphatic hydroxyl groups is 1. The number of nitrogens with one attached hydrogen (secondary N) is 1. The van der Waals surface area contributed by atoms with Crippen molar-refractivity contribution in [2.24, 2.45) is 0 Å². The van der Waals surface area contributed by atoms with E-state index in [1.807, 2.05) is 30.3 Å². The minimum absolute atomic E-state index is 0.189. The first-order valence-corrected chi connectivity index (χ1v) is 8.45. The van der Waals surface area contributed by atoms with Crippen molar-refractivity contribution in [3.05, 3.63) is 65.2 Å². The molecule has 0 amide bonds. The molecule has 0 aliphatic carbocycles. The fourth-order valence-electron chi connectivity index (χ4n) is 2.20. The first-order valence-electron chi connectivity index (χ1n) is 8.07. The summed E-state index contributed by atoms with van der Waals surface area (Å²) in [4.78, 5) is 0. The van der Waals surface area contributed by atoms with E-state index in [-0.39, 0.29) is 12.6 Å². The lowest BCUT2D eigenvalue weighted by Crippen LogP contribution is -2.32. The third-order valence-electron chi connectivity index (χ3n) is 3.58. The molecule has 24 heavy (non-hydrogen) atoms. The number of benzene rings is 2. The van der Waals surface area contributed by atoms with Gasteiger partial charge in [0.25, 0.3) is 0 Å². The van der Waals surface area contributed by atoms with Crippen LogP contribution in [-0.4, -0.2) is 37.6 Å². The highest BCUT2D eigenvalue weighted by atomic mass is 35.5. The maximum absolute atomic E-state index is 9.95. The van der Waals surface area contributed by atoms with Gasteiger partial charge in [-0.3, -0.25) is 0 Å². The summed E-state index contributed by atoms with van der Waals surface area (Å²) in [6, 6.07) is 17.5. The Morgan fingerprint density at radius 3 is 2.46 bits per heavy atom. The van der Waals surface area contributed by atoms with Gasteiger partial charge in [0.15, 0.2) is 0 Å². The van der Waals surface area contributed by atoms with Gasteiger partial charge in [0.1, 0.15) is 12.4 Å². The Labute approximate surface area is 148 Å². The fourth-order valence-corrected chi connectivity index (χ4v) is 2.33. The van der Waals surface area contributed by atoms with Crippen LogP contribution < -0.4 is 10.1 Å². The van der Waals surface area contributed by atoms with Gasteiger partial charge >= 0.3 is 0 Å². The lowest BCUT2D eigenvalue weighted by Gasteiger charge is -2.17. The van der Waals surface area contributed by atoms with Gasteiger partial charge in [0.05, 0.1) is 19.3 Å². The van der Waals surface area contributed by atoms with Crippen LogP contribution in [0.2, 0.25) is 5.02 Å².